The van der Waals surface area contributed by atoms with Crippen molar-refractivity contribution in [3.63, 3.8) is 0 Å². The van der Waals surface area contributed by atoms with Crippen LogP contribution in [0.1, 0.15) is 10.4 Å². The molecule has 1 aromatic heterocycles. The van der Waals surface area contributed by atoms with E-state index in [1.807, 2.05) is 24.3 Å². The number of halogens is 1. The molecular formula is C22H21ClN4O3. The first-order valence-corrected chi connectivity index (χ1v) is 10.0. The molecule has 0 aliphatic carbocycles. The number of benzene rings is 2. The number of hydrogen-bond acceptors (Lipinski definition) is 5. The second-order valence-corrected chi connectivity index (χ2v) is 7.41. The van der Waals surface area contributed by atoms with Crippen LogP contribution in [0.5, 0.6) is 0 Å². The quantitative estimate of drug-likeness (QED) is 0.681. The third kappa shape index (κ3) is 4.63. The summed E-state index contributed by atoms with van der Waals surface area (Å²) < 4.78 is 5.24. The van der Waals surface area contributed by atoms with Crippen LogP contribution >= 0.6 is 11.6 Å². The van der Waals surface area contributed by atoms with Crippen LogP contribution < -0.4 is 10.2 Å². The minimum absolute atomic E-state index is 0.0242. The number of carbonyl (C=O) groups excluding carboxylic acids is 2. The Labute approximate surface area is 179 Å². The molecule has 0 atom stereocenters. The van der Waals surface area contributed by atoms with E-state index in [0.29, 0.717) is 29.4 Å². The van der Waals surface area contributed by atoms with E-state index >= 15 is 0 Å². The highest BCUT2D eigenvalue weighted by Gasteiger charge is 2.21. The highest BCUT2D eigenvalue weighted by Crippen LogP contribution is 2.20. The van der Waals surface area contributed by atoms with Crippen molar-refractivity contribution < 1.29 is 14.0 Å². The Morgan fingerprint density at radius 3 is 2.33 bits per heavy atom. The predicted octanol–water partition coefficient (Wildman–Crippen LogP) is 3.07. The van der Waals surface area contributed by atoms with E-state index in [1.165, 1.54) is 6.39 Å². The number of piperazine rings is 1. The molecule has 2 amide bonds. The lowest BCUT2D eigenvalue weighted by atomic mass is 10.1. The van der Waals surface area contributed by atoms with Crippen LogP contribution in [0.4, 0.5) is 5.69 Å². The number of hydrogen-bond donors (Lipinski definition) is 1. The molecule has 1 aliphatic rings. The Hall–Kier alpha value is -3.32. The van der Waals surface area contributed by atoms with Gasteiger partial charge in [0, 0.05) is 48.0 Å². The summed E-state index contributed by atoms with van der Waals surface area (Å²) in [6.45, 7) is 2.69. The summed E-state index contributed by atoms with van der Waals surface area (Å²) in [7, 11) is 0. The van der Waals surface area contributed by atoms with E-state index in [4.69, 9.17) is 16.0 Å². The smallest absolute Gasteiger partial charge is 0.251 e. The third-order valence-corrected chi connectivity index (χ3v) is 5.34. The van der Waals surface area contributed by atoms with Gasteiger partial charge in [-0.25, -0.2) is 4.98 Å². The molecule has 30 heavy (non-hydrogen) atoms. The first kappa shape index (κ1) is 20.0. The Kier molecular flexibility index (Phi) is 5.99. The topological polar surface area (TPSA) is 78.7 Å². The molecule has 1 fully saturated rings. The van der Waals surface area contributed by atoms with Gasteiger partial charge in [-0.3, -0.25) is 9.59 Å². The zero-order valence-corrected chi connectivity index (χ0v) is 17.0. The van der Waals surface area contributed by atoms with Crippen LogP contribution in [0, 0.1) is 0 Å². The van der Waals surface area contributed by atoms with Gasteiger partial charge in [0.2, 0.25) is 5.91 Å². The number of rotatable bonds is 5. The number of carbonyl (C=O) groups is 2. The fourth-order valence-electron chi connectivity index (χ4n) is 3.38. The number of anilines is 1. The van der Waals surface area contributed by atoms with Gasteiger partial charge in [-0.05, 0) is 36.4 Å². The summed E-state index contributed by atoms with van der Waals surface area (Å²) in [5, 5.41) is 3.41. The lowest BCUT2D eigenvalue weighted by Gasteiger charge is -2.36. The van der Waals surface area contributed by atoms with Gasteiger partial charge < -0.3 is 19.5 Å². The largest absolute Gasteiger partial charge is 0.444 e. The maximum atomic E-state index is 12.5. The van der Waals surface area contributed by atoms with Crippen molar-refractivity contribution in [3.05, 3.63) is 71.7 Å². The summed E-state index contributed by atoms with van der Waals surface area (Å²) in [6.07, 6.45) is 2.97. The van der Waals surface area contributed by atoms with Crippen LogP contribution in [0.15, 0.2) is 65.5 Å². The standard InChI is InChI=1S/C22H21ClN4O3/c23-18-5-7-19(8-6-18)26-9-11-27(12-10-26)21(28)14-25-22(29)17-3-1-16(2-4-17)20-13-24-15-30-20/h1-8,13,15H,9-12,14H2,(H,25,29). The molecule has 0 unspecified atom stereocenters. The van der Waals surface area contributed by atoms with Gasteiger partial charge in [-0.15, -0.1) is 0 Å². The van der Waals surface area contributed by atoms with Crippen molar-refractivity contribution in [3.8, 4) is 11.3 Å². The molecule has 2 heterocycles. The van der Waals surface area contributed by atoms with Crippen molar-refractivity contribution in [1.82, 2.24) is 15.2 Å². The van der Waals surface area contributed by atoms with Crippen molar-refractivity contribution in [2.24, 2.45) is 0 Å². The number of nitrogens with zero attached hydrogens (tertiary/aromatic N) is 3. The normalized spacial score (nSPS) is 13.9. The van der Waals surface area contributed by atoms with E-state index in [9.17, 15) is 9.59 Å². The molecule has 2 aromatic carbocycles. The second kappa shape index (κ2) is 9.00. The van der Waals surface area contributed by atoms with Crippen molar-refractivity contribution in [1.29, 1.82) is 0 Å². The summed E-state index contributed by atoms with van der Waals surface area (Å²) in [5.41, 5.74) is 2.41. The Morgan fingerprint density at radius 1 is 1.00 bits per heavy atom. The summed E-state index contributed by atoms with van der Waals surface area (Å²) in [6, 6.07) is 14.6. The predicted molar refractivity (Wildman–Crippen MR) is 115 cm³/mol. The highest BCUT2D eigenvalue weighted by molar-refractivity contribution is 6.30. The van der Waals surface area contributed by atoms with E-state index in [1.54, 1.807) is 35.4 Å². The zero-order valence-electron chi connectivity index (χ0n) is 16.3. The average molecular weight is 425 g/mol. The number of nitrogens with one attached hydrogen (secondary N) is 1. The molecule has 8 heteroatoms. The lowest BCUT2D eigenvalue weighted by molar-refractivity contribution is -0.130. The number of aromatic nitrogens is 1. The third-order valence-electron chi connectivity index (χ3n) is 5.09. The molecule has 154 valence electrons. The first-order chi connectivity index (χ1) is 14.6. The summed E-state index contributed by atoms with van der Waals surface area (Å²) in [5.74, 6) is 0.263. The SMILES string of the molecule is O=C(NCC(=O)N1CCN(c2ccc(Cl)cc2)CC1)c1ccc(-c2cnco2)cc1. The summed E-state index contributed by atoms with van der Waals surface area (Å²) >= 11 is 5.94. The highest BCUT2D eigenvalue weighted by atomic mass is 35.5. The van der Waals surface area contributed by atoms with Gasteiger partial charge in [0.05, 0.1) is 12.7 Å². The Morgan fingerprint density at radius 2 is 1.70 bits per heavy atom. The first-order valence-electron chi connectivity index (χ1n) is 9.65. The maximum Gasteiger partial charge on any atom is 0.251 e. The van der Waals surface area contributed by atoms with Crippen molar-refractivity contribution in [2.45, 2.75) is 0 Å². The second-order valence-electron chi connectivity index (χ2n) is 6.97. The lowest BCUT2D eigenvalue weighted by Crippen LogP contribution is -2.51. The minimum Gasteiger partial charge on any atom is -0.444 e. The molecule has 3 aromatic rings. The molecule has 1 saturated heterocycles. The minimum atomic E-state index is -0.285. The fraction of sp³-hybridized carbons (Fsp3) is 0.227. The van der Waals surface area contributed by atoms with Crippen molar-refractivity contribution >= 4 is 29.1 Å². The maximum absolute atomic E-state index is 12.5. The summed E-state index contributed by atoms with van der Waals surface area (Å²) in [4.78, 5) is 32.7. The van der Waals surface area contributed by atoms with Crippen LogP contribution in [-0.2, 0) is 4.79 Å². The molecule has 1 N–H and O–H groups in total. The van der Waals surface area contributed by atoms with Crippen molar-refractivity contribution in [2.75, 3.05) is 37.6 Å². The van der Waals surface area contributed by atoms with Crippen LogP contribution in [0.2, 0.25) is 5.02 Å². The molecule has 0 saturated carbocycles. The van der Waals surface area contributed by atoms with Gasteiger partial charge in [-0.2, -0.15) is 0 Å². The zero-order chi connectivity index (χ0) is 20.9. The van der Waals surface area contributed by atoms with Gasteiger partial charge in [0.1, 0.15) is 0 Å². The number of oxazole rings is 1. The molecule has 0 radical (unpaired) electrons. The van der Waals surface area contributed by atoms with E-state index in [2.05, 4.69) is 15.2 Å². The monoisotopic (exact) mass is 424 g/mol. The number of amides is 2. The van der Waals surface area contributed by atoms with E-state index < -0.39 is 0 Å². The fourth-order valence-corrected chi connectivity index (χ4v) is 3.51. The molecule has 7 nitrogen and oxygen atoms in total. The van der Waals surface area contributed by atoms with Crippen LogP contribution in [-0.4, -0.2) is 54.4 Å². The van der Waals surface area contributed by atoms with Crippen LogP contribution in [0.3, 0.4) is 0 Å². The van der Waals surface area contributed by atoms with Gasteiger partial charge in [0.25, 0.3) is 5.91 Å². The molecule has 1 aliphatic heterocycles. The van der Waals surface area contributed by atoms with Gasteiger partial charge in [0.15, 0.2) is 12.2 Å². The Balaban J connectivity index is 1.25. The van der Waals surface area contributed by atoms with Gasteiger partial charge in [-0.1, -0.05) is 23.7 Å². The van der Waals surface area contributed by atoms with E-state index in [0.717, 1.165) is 24.3 Å². The van der Waals surface area contributed by atoms with E-state index in [-0.39, 0.29) is 18.4 Å². The van der Waals surface area contributed by atoms with Crippen LogP contribution in [0.25, 0.3) is 11.3 Å². The molecular weight excluding hydrogens is 404 g/mol. The molecule has 0 bridgehead atoms. The molecule has 4 rings (SSSR count). The van der Waals surface area contributed by atoms with Gasteiger partial charge >= 0.3 is 0 Å². The molecule has 0 spiro atoms. The average Bonchev–Trinajstić information content (AvgIpc) is 3.33. The Bertz CT molecular complexity index is 996.